The van der Waals surface area contributed by atoms with Gasteiger partial charge < -0.3 is 10.2 Å². The van der Waals surface area contributed by atoms with E-state index in [1.54, 1.807) is 0 Å². The highest BCUT2D eigenvalue weighted by Gasteiger charge is 2.22. The molecule has 5 nitrogen and oxygen atoms in total. The second-order valence-corrected chi connectivity index (χ2v) is 8.06. The second-order valence-electron chi connectivity index (χ2n) is 6.82. The topological polar surface area (TPSA) is 52.7 Å². The molecular formula is C21H24IN3O2. The smallest absolute Gasteiger partial charge is 0.238 e. The van der Waals surface area contributed by atoms with Crippen molar-refractivity contribution < 1.29 is 9.59 Å². The van der Waals surface area contributed by atoms with Crippen LogP contribution in [-0.2, 0) is 16.0 Å². The molecule has 0 saturated carbocycles. The van der Waals surface area contributed by atoms with Crippen LogP contribution in [0.4, 0.5) is 5.69 Å². The van der Waals surface area contributed by atoms with E-state index in [1.807, 2.05) is 60.4 Å². The van der Waals surface area contributed by atoms with Gasteiger partial charge in [0.1, 0.15) is 0 Å². The minimum Gasteiger partial charge on any atom is -0.340 e. The molecule has 0 bridgehead atoms. The van der Waals surface area contributed by atoms with Crippen molar-refractivity contribution in [1.82, 2.24) is 9.80 Å². The molecule has 2 amide bonds. The molecule has 1 saturated heterocycles. The molecule has 0 atom stereocenters. The van der Waals surface area contributed by atoms with Gasteiger partial charge in [-0.05, 0) is 64.9 Å². The summed E-state index contributed by atoms with van der Waals surface area (Å²) in [6.45, 7) is 5.17. The summed E-state index contributed by atoms with van der Waals surface area (Å²) in [4.78, 5) is 28.8. The van der Waals surface area contributed by atoms with E-state index in [0.717, 1.165) is 33.5 Å². The number of nitrogens with one attached hydrogen (secondary N) is 1. The van der Waals surface area contributed by atoms with E-state index in [0.29, 0.717) is 26.1 Å². The van der Waals surface area contributed by atoms with Gasteiger partial charge in [0.25, 0.3) is 0 Å². The Bertz CT molecular complexity index is 799. The number of carbonyl (C=O) groups is 2. The average Bonchev–Trinajstić information content (AvgIpc) is 2.66. The maximum Gasteiger partial charge on any atom is 0.238 e. The lowest BCUT2D eigenvalue weighted by Gasteiger charge is -2.34. The van der Waals surface area contributed by atoms with Crippen LogP contribution in [0, 0.1) is 10.5 Å². The van der Waals surface area contributed by atoms with Gasteiger partial charge in [0, 0.05) is 35.4 Å². The van der Waals surface area contributed by atoms with Crippen LogP contribution in [0.3, 0.4) is 0 Å². The van der Waals surface area contributed by atoms with E-state index < -0.39 is 0 Å². The summed E-state index contributed by atoms with van der Waals surface area (Å²) >= 11 is 2.24. The highest BCUT2D eigenvalue weighted by atomic mass is 127. The molecule has 6 heteroatoms. The van der Waals surface area contributed by atoms with Crippen LogP contribution < -0.4 is 5.32 Å². The van der Waals surface area contributed by atoms with Crippen LogP contribution in [0.15, 0.2) is 48.5 Å². The highest BCUT2D eigenvalue weighted by molar-refractivity contribution is 14.1. The van der Waals surface area contributed by atoms with Gasteiger partial charge in [0.2, 0.25) is 11.8 Å². The minimum absolute atomic E-state index is 0.0177. The molecule has 0 radical (unpaired) electrons. The maximum absolute atomic E-state index is 12.5. The fraction of sp³-hybridized carbons (Fsp3) is 0.333. The first kappa shape index (κ1) is 19.8. The first-order valence-corrected chi connectivity index (χ1v) is 10.2. The lowest BCUT2D eigenvalue weighted by molar-refractivity contribution is -0.132. The Hall–Kier alpha value is -1.93. The van der Waals surface area contributed by atoms with E-state index in [-0.39, 0.29) is 11.8 Å². The Labute approximate surface area is 173 Å². The van der Waals surface area contributed by atoms with E-state index >= 15 is 0 Å². The zero-order valence-electron chi connectivity index (χ0n) is 15.5. The van der Waals surface area contributed by atoms with E-state index in [4.69, 9.17) is 0 Å². The Morgan fingerprint density at radius 3 is 2.33 bits per heavy atom. The van der Waals surface area contributed by atoms with Crippen LogP contribution in [-0.4, -0.2) is 54.3 Å². The highest BCUT2D eigenvalue weighted by Crippen LogP contribution is 2.13. The van der Waals surface area contributed by atoms with Crippen LogP contribution >= 0.6 is 22.6 Å². The summed E-state index contributed by atoms with van der Waals surface area (Å²) in [5.41, 5.74) is 3.05. The molecule has 1 aliphatic heterocycles. The SMILES string of the molecule is Cc1ccccc1CC(=O)N1CCN(CC(=O)Nc2ccc(I)cc2)CC1. The molecule has 0 spiro atoms. The van der Waals surface area contributed by atoms with Gasteiger partial charge in [0.05, 0.1) is 13.0 Å². The van der Waals surface area contributed by atoms with Crippen LogP contribution in [0.5, 0.6) is 0 Å². The van der Waals surface area contributed by atoms with E-state index in [2.05, 4.69) is 32.8 Å². The Kier molecular flexibility index (Phi) is 6.84. The maximum atomic E-state index is 12.5. The molecule has 0 aliphatic carbocycles. The van der Waals surface area contributed by atoms with Gasteiger partial charge >= 0.3 is 0 Å². The third-order valence-corrected chi connectivity index (χ3v) is 5.54. The molecule has 2 aromatic carbocycles. The predicted octanol–water partition coefficient (Wildman–Crippen LogP) is 2.93. The fourth-order valence-electron chi connectivity index (χ4n) is 3.18. The molecule has 3 rings (SSSR count). The number of carbonyl (C=O) groups excluding carboxylic acids is 2. The number of nitrogens with zero attached hydrogens (tertiary/aromatic N) is 2. The number of benzene rings is 2. The Balaban J connectivity index is 1.44. The monoisotopic (exact) mass is 477 g/mol. The van der Waals surface area contributed by atoms with Gasteiger partial charge in [-0.1, -0.05) is 24.3 Å². The van der Waals surface area contributed by atoms with Gasteiger partial charge in [0.15, 0.2) is 0 Å². The summed E-state index contributed by atoms with van der Waals surface area (Å²) in [7, 11) is 0. The standard InChI is InChI=1S/C21H24IN3O2/c1-16-4-2-3-5-17(16)14-21(27)25-12-10-24(11-13-25)15-20(26)23-19-8-6-18(22)7-9-19/h2-9H,10-15H2,1H3,(H,23,26). The van der Waals surface area contributed by atoms with Crippen molar-refractivity contribution in [2.24, 2.45) is 0 Å². The predicted molar refractivity (Wildman–Crippen MR) is 116 cm³/mol. The second kappa shape index (κ2) is 9.32. The van der Waals surface area contributed by atoms with Crippen molar-refractivity contribution in [1.29, 1.82) is 0 Å². The number of hydrogen-bond donors (Lipinski definition) is 1. The normalized spacial score (nSPS) is 14.8. The largest absolute Gasteiger partial charge is 0.340 e. The zero-order chi connectivity index (χ0) is 19.2. The summed E-state index contributed by atoms with van der Waals surface area (Å²) in [5, 5.41) is 2.92. The molecule has 1 aliphatic rings. The van der Waals surface area contributed by atoms with Crippen molar-refractivity contribution in [2.45, 2.75) is 13.3 Å². The molecule has 0 unspecified atom stereocenters. The number of aryl methyl sites for hydroxylation is 1. The number of halogens is 1. The molecule has 2 aromatic rings. The molecule has 27 heavy (non-hydrogen) atoms. The lowest BCUT2D eigenvalue weighted by atomic mass is 10.1. The summed E-state index contributed by atoms with van der Waals surface area (Å²) < 4.78 is 1.14. The van der Waals surface area contributed by atoms with Gasteiger partial charge in [-0.2, -0.15) is 0 Å². The van der Waals surface area contributed by atoms with Crippen LogP contribution in [0.2, 0.25) is 0 Å². The summed E-state index contributed by atoms with van der Waals surface area (Å²) in [6.07, 6.45) is 0.444. The van der Waals surface area contributed by atoms with Crippen LogP contribution in [0.25, 0.3) is 0 Å². The number of hydrogen-bond acceptors (Lipinski definition) is 3. The van der Waals surface area contributed by atoms with Gasteiger partial charge in [-0.15, -0.1) is 0 Å². The molecule has 1 N–H and O–H groups in total. The number of anilines is 1. The number of rotatable bonds is 5. The molecule has 1 fully saturated rings. The van der Waals surface area contributed by atoms with Crippen molar-refractivity contribution in [2.75, 3.05) is 38.0 Å². The summed E-state index contributed by atoms with van der Waals surface area (Å²) in [5.74, 6) is 0.142. The Morgan fingerprint density at radius 2 is 1.67 bits per heavy atom. The quantitative estimate of drug-likeness (QED) is 0.675. The van der Waals surface area contributed by atoms with Gasteiger partial charge in [-0.25, -0.2) is 0 Å². The van der Waals surface area contributed by atoms with Crippen molar-refractivity contribution in [3.05, 3.63) is 63.2 Å². The minimum atomic E-state index is -0.0177. The third kappa shape index (κ3) is 5.77. The lowest BCUT2D eigenvalue weighted by Crippen LogP contribution is -2.50. The van der Waals surface area contributed by atoms with E-state index in [1.165, 1.54) is 0 Å². The van der Waals surface area contributed by atoms with E-state index in [9.17, 15) is 9.59 Å². The molecular weight excluding hydrogens is 453 g/mol. The van der Waals surface area contributed by atoms with Crippen molar-refractivity contribution >= 4 is 40.1 Å². The fourth-order valence-corrected chi connectivity index (χ4v) is 3.53. The first-order chi connectivity index (χ1) is 13.0. The summed E-state index contributed by atoms with van der Waals surface area (Å²) in [6, 6.07) is 15.8. The molecule has 1 heterocycles. The van der Waals surface area contributed by atoms with Crippen molar-refractivity contribution in [3.63, 3.8) is 0 Å². The van der Waals surface area contributed by atoms with Gasteiger partial charge in [-0.3, -0.25) is 14.5 Å². The number of piperazine rings is 1. The zero-order valence-corrected chi connectivity index (χ0v) is 17.6. The molecule has 142 valence electrons. The molecule has 0 aromatic heterocycles. The van der Waals surface area contributed by atoms with Crippen molar-refractivity contribution in [3.8, 4) is 0 Å². The number of amides is 2. The average molecular weight is 477 g/mol. The van der Waals surface area contributed by atoms with Crippen LogP contribution in [0.1, 0.15) is 11.1 Å². The Morgan fingerprint density at radius 1 is 1.00 bits per heavy atom. The third-order valence-electron chi connectivity index (χ3n) is 4.82. The first-order valence-electron chi connectivity index (χ1n) is 9.11.